The summed E-state index contributed by atoms with van der Waals surface area (Å²) in [5.41, 5.74) is 1.82. The number of hydrogen-bond donors (Lipinski definition) is 1. The van der Waals surface area contributed by atoms with Crippen molar-refractivity contribution in [2.45, 2.75) is 19.4 Å². The number of benzene rings is 1. The molecule has 3 rings (SSSR count). The van der Waals surface area contributed by atoms with Gasteiger partial charge < -0.3 is 19.7 Å². The molecule has 1 aromatic rings. The molecule has 1 unspecified atom stereocenters. The van der Waals surface area contributed by atoms with E-state index in [1.165, 1.54) is 0 Å². The number of anilines is 2. The first-order chi connectivity index (χ1) is 9.29. The predicted molar refractivity (Wildman–Crippen MR) is 72.8 cm³/mol. The molecule has 0 radical (unpaired) electrons. The summed E-state index contributed by atoms with van der Waals surface area (Å²) in [4.78, 5) is 14.3. The Balaban J connectivity index is 2.05. The topological polar surface area (TPSA) is 50.8 Å². The Kier molecular flexibility index (Phi) is 3.29. The van der Waals surface area contributed by atoms with Crippen LogP contribution in [0.4, 0.5) is 11.4 Å². The summed E-state index contributed by atoms with van der Waals surface area (Å²) in [7, 11) is 0. The van der Waals surface area contributed by atoms with Crippen molar-refractivity contribution in [3.05, 3.63) is 18.2 Å². The van der Waals surface area contributed by atoms with E-state index in [9.17, 15) is 4.79 Å². The fourth-order valence-electron chi connectivity index (χ4n) is 2.71. The fourth-order valence-corrected chi connectivity index (χ4v) is 2.71. The van der Waals surface area contributed by atoms with Gasteiger partial charge in [0.05, 0.1) is 31.5 Å². The number of carbonyl (C=O) groups is 1. The van der Waals surface area contributed by atoms with Crippen molar-refractivity contribution in [2.24, 2.45) is 0 Å². The number of nitrogens with zero attached hydrogens (tertiary/aromatic N) is 1. The van der Waals surface area contributed by atoms with Crippen molar-refractivity contribution < 1.29 is 14.3 Å². The highest BCUT2D eigenvalue weighted by atomic mass is 16.5. The Hall–Kier alpha value is -1.75. The van der Waals surface area contributed by atoms with E-state index in [0.717, 1.165) is 23.7 Å². The van der Waals surface area contributed by atoms with Gasteiger partial charge in [0.25, 0.3) is 0 Å². The van der Waals surface area contributed by atoms with Crippen LogP contribution in [0, 0.1) is 0 Å². The summed E-state index contributed by atoms with van der Waals surface area (Å²) in [5.74, 6) is 0.756. The zero-order valence-electron chi connectivity index (χ0n) is 11.0. The minimum Gasteiger partial charge on any atom is -0.492 e. The van der Waals surface area contributed by atoms with Crippen LogP contribution < -0.4 is 15.0 Å². The van der Waals surface area contributed by atoms with Crippen LogP contribution in [0.15, 0.2) is 18.2 Å². The number of rotatable bonds is 2. The van der Waals surface area contributed by atoms with Gasteiger partial charge in [0.1, 0.15) is 11.4 Å². The number of carbonyl (C=O) groups excluding carboxylic acids is 1. The van der Waals surface area contributed by atoms with Gasteiger partial charge in [-0.1, -0.05) is 6.07 Å². The van der Waals surface area contributed by atoms with Crippen LogP contribution in [0.2, 0.25) is 0 Å². The highest BCUT2D eigenvalue weighted by molar-refractivity contribution is 5.98. The zero-order valence-corrected chi connectivity index (χ0v) is 11.0. The van der Waals surface area contributed by atoms with Gasteiger partial charge in [0, 0.05) is 13.0 Å². The lowest BCUT2D eigenvalue weighted by Gasteiger charge is -2.36. The highest BCUT2D eigenvalue weighted by Crippen LogP contribution is 2.39. The molecular formula is C14H18N2O3. The maximum atomic E-state index is 12.0. The summed E-state index contributed by atoms with van der Waals surface area (Å²) in [6.07, 6.45) is 0.459. The molecule has 0 aliphatic carbocycles. The van der Waals surface area contributed by atoms with Gasteiger partial charge in [-0.25, -0.2) is 0 Å². The number of ether oxygens (including phenoxy) is 2. The van der Waals surface area contributed by atoms with Crippen molar-refractivity contribution in [3.63, 3.8) is 0 Å². The molecule has 2 aliphatic heterocycles. The van der Waals surface area contributed by atoms with Gasteiger partial charge in [-0.3, -0.25) is 4.79 Å². The molecule has 0 aromatic heterocycles. The maximum absolute atomic E-state index is 12.0. The first-order valence-corrected chi connectivity index (χ1v) is 6.69. The Morgan fingerprint density at radius 1 is 1.53 bits per heavy atom. The molecule has 1 saturated heterocycles. The largest absolute Gasteiger partial charge is 0.492 e. The molecule has 0 saturated carbocycles. The lowest BCUT2D eigenvalue weighted by atomic mass is 10.1. The molecule has 5 heteroatoms. The molecule has 0 bridgehead atoms. The van der Waals surface area contributed by atoms with E-state index >= 15 is 0 Å². The van der Waals surface area contributed by atoms with E-state index in [4.69, 9.17) is 9.47 Å². The lowest BCUT2D eigenvalue weighted by molar-refractivity contribution is -0.116. The molecule has 19 heavy (non-hydrogen) atoms. The summed E-state index contributed by atoms with van der Waals surface area (Å²) in [6, 6.07) is 6.01. The minimum atomic E-state index is 0.0198. The van der Waals surface area contributed by atoms with Gasteiger partial charge >= 0.3 is 0 Å². The monoisotopic (exact) mass is 262 g/mol. The Labute approximate surface area is 112 Å². The standard InChI is InChI=1S/C14H18N2O3/c1-2-19-12-5-3-4-11-14(12)15-13(17)8-10-9-18-7-6-16(10)11/h3-5,10H,2,6-9H2,1H3,(H,15,17). The summed E-state index contributed by atoms with van der Waals surface area (Å²) < 4.78 is 11.1. The van der Waals surface area contributed by atoms with Crippen molar-refractivity contribution in [3.8, 4) is 5.75 Å². The van der Waals surface area contributed by atoms with Crippen LogP contribution in [0.1, 0.15) is 13.3 Å². The van der Waals surface area contributed by atoms with Crippen LogP contribution in [0.5, 0.6) is 5.75 Å². The smallest absolute Gasteiger partial charge is 0.226 e. The van der Waals surface area contributed by atoms with Gasteiger partial charge in [-0.2, -0.15) is 0 Å². The number of para-hydroxylation sites is 1. The van der Waals surface area contributed by atoms with Gasteiger partial charge in [-0.05, 0) is 19.1 Å². The highest BCUT2D eigenvalue weighted by Gasteiger charge is 2.31. The normalized spacial score (nSPS) is 22.1. The van der Waals surface area contributed by atoms with Crippen LogP contribution in [-0.2, 0) is 9.53 Å². The average Bonchev–Trinajstić information content (AvgIpc) is 2.56. The van der Waals surface area contributed by atoms with Crippen LogP contribution in [0.25, 0.3) is 0 Å². The Morgan fingerprint density at radius 2 is 2.42 bits per heavy atom. The van der Waals surface area contributed by atoms with E-state index in [0.29, 0.717) is 26.2 Å². The average molecular weight is 262 g/mol. The second-order valence-corrected chi connectivity index (χ2v) is 4.76. The van der Waals surface area contributed by atoms with E-state index < -0.39 is 0 Å². The number of amides is 1. The first kappa shape index (κ1) is 12.3. The summed E-state index contributed by atoms with van der Waals surface area (Å²) >= 11 is 0. The molecule has 2 aliphatic rings. The van der Waals surface area contributed by atoms with Gasteiger partial charge in [0.15, 0.2) is 0 Å². The van der Waals surface area contributed by atoms with Gasteiger partial charge in [-0.15, -0.1) is 0 Å². The van der Waals surface area contributed by atoms with Crippen LogP contribution in [-0.4, -0.2) is 38.3 Å². The first-order valence-electron chi connectivity index (χ1n) is 6.69. The van der Waals surface area contributed by atoms with E-state index in [2.05, 4.69) is 10.2 Å². The van der Waals surface area contributed by atoms with E-state index in [1.54, 1.807) is 0 Å². The number of morpholine rings is 1. The molecule has 1 N–H and O–H groups in total. The zero-order chi connectivity index (χ0) is 13.2. The molecule has 1 fully saturated rings. The molecular weight excluding hydrogens is 244 g/mol. The third kappa shape index (κ3) is 2.26. The SMILES string of the molecule is CCOc1cccc2c1NC(=O)CC1COCCN21. The van der Waals surface area contributed by atoms with Crippen molar-refractivity contribution in [2.75, 3.05) is 36.6 Å². The van der Waals surface area contributed by atoms with Crippen molar-refractivity contribution >= 4 is 17.3 Å². The lowest BCUT2D eigenvalue weighted by Crippen LogP contribution is -2.45. The molecule has 2 heterocycles. The summed E-state index contributed by atoms with van der Waals surface area (Å²) in [5, 5.41) is 2.97. The maximum Gasteiger partial charge on any atom is 0.226 e. The quantitative estimate of drug-likeness (QED) is 0.880. The molecule has 1 aromatic carbocycles. The summed E-state index contributed by atoms with van der Waals surface area (Å²) in [6.45, 7) is 4.63. The molecule has 5 nitrogen and oxygen atoms in total. The van der Waals surface area contributed by atoms with E-state index in [-0.39, 0.29) is 11.9 Å². The van der Waals surface area contributed by atoms with Crippen LogP contribution >= 0.6 is 0 Å². The number of hydrogen-bond acceptors (Lipinski definition) is 4. The predicted octanol–water partition coefficient (Wildman–Crippen LogP) is 1.63. The second kappa shape index (κ2) is 5.09. The number of nitrogens with one attached hydrogen (secondary N) is 1. The number of fused-ring (bicyclic) bond motifs is 3. The van der Waals surface area contributed by atoms with Crippen molar-refractivity contribution in [1.82, 2.24) is 0 Å². The molecule has 1 atom stereocenters. The second-order valence-electron chi connectivity index (χ2n) is 4.76. The Morgan fingerprint density at radius 3 is 3.26 bits per heavy atom. The minimum absolute atomic E-state index is 0.0198. The third-order valence-electron chi connectivity index (χ3n) is 3.53. The van der Waals surface area contributed by atoms with E-state index in [1.807, 2.05) is 25.1 Å². The molecule has 1 amide bonds. The third-order valence-corrected chi connectivity index (χ3v) is 3.53. The molecule has 0 spiro atoms. The van der Waals surface area contributed by atoms with Crippen molar-refractivity contribution in [1.29, 1.82) is 0 Å². The Bertz CT molecular complexity index is 490. The van der Waals surface area contributed by atoms with Crippen LogP contribution in [0.3, 0.4) is 0 Å². The van der Waals surface area contributed by atoms with Gasteiger partial charge in [0.2, 0.25) is 5.91 Å². The fraction of sp³-hybridized carbons (Fsp3) is 0.500. The molecule has 102 valence electrons.